The first-order chi connectivity index (χ1) is 18.1. The van der Waals surface area contributed by atoms with Crippen molar-refractivity contribution < 1.29 is 24.1 Å². The number of piperazine rings is 1. The maximum Gasteiger partial charge on any atom is 0.203 e. The predicted octanol–water partition coefficient (Wildman–Crippen LogP) is 4.17. The van der Waals surface area contributed by atoms with E-state index in [1.165, 1.54) is 11.1 Å². The fourth-order valence-electron chi connectivity index (χ4n) is 4.91. The Labute approximate surface area is 220 Å². The third-order valence-electron chi connectivity index (χ3n) is 6.90. The van der Waals surface area contributed by atoms with Gasteiger partial charge in [-0.25, -0.2) is 0 Å². The topological polar surface area (TPSA) is 63.6 Å². The number of methoxy groups -OCH3 is 3. The summed E-state index contributed by atoms with van der Waals surface area (Å²) in [7, 11) is 4.68. The highest BCUT2D eigenvalue weighted by Crippen LogP contribution is 2.39. The Morgan fingerprint density at radius 1 is 0.730 bits per heavy atom. The van der Waals surface area contributed by atoms with E-state index in [-0.39, 0.29) is 12.6 Å². The van der Waals surface area contributed by atoms with E-state index < -0.39 is 6.10 Å². The number of hydrogen-bond acceptors (Lipinski definition) is 7. The first-order valence-corrected chi connectivity index (χ1v) is 12.8. The van der Waals surface area contributed by atoms with Gasteiger partial charge >= 0.3 is 0 Å². The van der Waals surface area contributed by atoms with Crippen LogP contribution in [-0.4, -0.2) is 82.2 Å². The summed E-state index contributed by atoms with van der Waals surface area (Å²) in [4.78, 5) is 4.99. The van der Waals surface area contributed by atoms with Crippen molar-refractivity contribution in [3.05, 3.63) is 89.5 Å². The van der Waals surface area contributed by atoms with Crippen LogP contribution in [0.4, 0.5) is 0 Å². The zero-order chi connectivity index (χ0) is 26.0. The van der Waals surface area contributed by atoms with E-state index in [9.17, 15) is 5.11 Å². The predicted molar refractivity (Wildman–Crippen MR) is 145 cm³/mol. The third kappa shape index (κ3) is 6.81. The fraction of sp³-hybridized carbons (Fsp3) is 0.400. The summed E-state index contributed by atoms with van der Waals surface area (Å²) in [5, 5.41) is 10.7. The van der Waals surface area contributed by atoms with Gasteiger partial charge in [-0.05, 0) is 28.8 Å². The number of aliphatic hydroxyl groups excluding tert-OH is 1. The minimum atomic E-state index is -0.789. The SMILES string of the molecule is COc1cc(C(O)COCCN2CCN(C(c3ccccc3)c3ccccc3)CC2)cc(OC)c1OC. The smallest absolute Gasteiger partial charge is 0.203 e. The molecule has 0 saturated carbocycles. The van der Waals surface area contributed by atoms with Crippen LogP contribution in [0.2, 0.25) is 0 Å². The van der Waals surface area contributed by atoms with Crippen LogP contribution in [0.15, 0.2) is 72.8 Å². The average molecular weight is 507 g/mol. The van der Waals surface area contributed by atoms with Gasteiger partial charge in [-0.2, -0.15) is 0 Å². The van der Waals surface area contributed by atoms with Gasteiger partial charge in [0.05, 0.1) is 40.6 Å². The van der Waals surface area contributed by atoms with E-state index in [2.05, 4.69) is 70.5 Å². The Bertz CT molecular complexity index is 1020. The van der Waals surface area contributed by atoms with Crippen LogP contribution in [0, 0.1) is 0 Å². The Morgan fingerprint density at radius 2 is 1.27 bits per heavy atom. The number of ether oxygens (including phenoxy) is 4. The molecule has 1 saturated heterocycles. The molecule has 0 spiro atoms. The minimum Gasteiger partial charge on any atom is -0.493 e. The quantitative estimate of drug-likeness (QED) is 0.370. The van der Waals surface area contributed by atoms with Gasteiger partial charge in [0.1, 0.15) is 6.10 Å². The molecule has 1 unspecified atom stereocenters. The summed E-state index contributed by atoms with van der Waals surface area (Å²) in [6.07, 6.45) is -0.789. The van der Waals surface area contributed by atoms with Crippen molar-refractivity contribution in [2.24, 2.45) is 0 Å². The van der Waals surface area contributed by atoms with E-state index in [0.717, 1.165) is 32.7 Å². The van der Waals surface area contributed by atoms with Crippen molar-refractivity contribution in [1.29, 1.82) is 0 Å². The monoisotopic (exact) mass is 506 g/mol. The maximum atomic E-state index is 10.7. The van der Waals surface area contributed by atoms with Gasteiger partial charge in [-0.1, -0.05) is 60.7 Å². The second-order valence-electron chi connectivity index (χ2n) is 9.15. The number of hydrogen-bond donors (Lipinski definition) is 1. The Hall–Kier alpha value is -3.10. The second-order valence-corrected chi connectivity index (χ2v) is 9.15. The van der Waals surface area contributed by atoms with Crippen LogP contribution < -0.4 is 14.2 Å². The molecule has 4 rings (SSSR count). The highest BCUT2D eigenvalue weighted by atomic mass is 16.5. The van der Waals surface area contributed by atoms with Crippen molar-refractivity contribution >= 4 is 0 Å². The third-order valence-corrected chi connectivity index (χ3v) is 6.90. The van der Waals surface area contributed by atoms with Crippen LogP contribution in [0.3, 0.4) is 0 Å². The Balaban J connectivity index is 1.27. The molecule has 3 aromatic carbocycles. The zero-order valence-electron chi connectivity index (χ0n) is 22.0. The maximum absolute atomic E-state index is 10.7. The molecular weight excluding hydrogens is 468 g/mol. The molecule has 1 fully saturated rings. The number of benzene rings is 3. The summed E-state index contributed by atoms with van der Waals surface area (Å²) in [5.74, 6) is 1.53. The molecule has 7 heteroatoms. The van der Waals surface area contributed by atoms with Gasteiger partial charge in [-0.3, -0.25) is 9.80 Å². The summed E-state index contributed by atoms with van der Waals surface area (Å²) >= 11 is 0. The number of rotatable bonds is 12. The largest absolute Gasteiger partial charge is 0.493 e. The van der Waals surface area contributed by atoms with E-state index >= 15 is 0 Å². The van der Waals surface area contributed by atoms with Crippen molar-refractivity contribution in [2.45, 2.75) is 12.1 Å². The lowest BCUT2D eigenvalue weighted by Gasteiger charge is -2.39. The normalized spacial score (nSPS) is 15.5. The zero-order valence-corrected chi connectivity index (χ0v) is 22.0. The van der Waals surface area contributed by atoms with Crippen LogP contribution in [0.25, 0.3) is 0 Å². The molecule has 1 atom stereocenters. The molecule has 0 radical (unpaired) electrons. The van der Waals surface area contributed by atoms with E-state index in [0.29, 0.717) is 29.4 Å². The van der Waals surface area contributed by atoms with Gasteiger partial charge < -0.3 is 24.1 Å². The summed E-state index contributed by atoms with van der Waals surface area (Å²) in [6.45, 7) is 5.52. The van der Waals surface area contributed by atoms with Crippen LogP contribution >= 0.6 is 0 Å². The highest BCUT2D eigenvalue weighted by Gasteiger charge is 2.26. The average Bonchev–Trinajstić information content (AvgIpc) is 2.96. The molecule has 7 nitrogen and oxygen atoms in total. The first-order valence-electron chi connectivity index (χ1n) is 12.8. The summed E-state index contributed by atoms with van der Waals surface area (Å²) < 4.78 is 22.0. The highest BCUT2D eigenvalue weighted by molar-refractivity contribution is 5.54. The summed E-state index contributed by atoms with van der Waals surface area (Å²) in [5.41, 5.74) is 3.31. The molecule has 0 bridgehead atoms. The lowest BCUT2D eigenvalue weighted by Crippen LogP contribution is -2.48. The lowest BCUT2D eigenvalue weighted by molar-refractivity contribution is 0.0181. The van der Waals surface area contributed by atoms with Gasteiger partial charge in [0, 0.05) is 32.7 Å². The second kappa shape index (κ2) is 13.4. The fourth-order valence-corrected chi connectivity index (χ4v) is 4.91. The van der Waals surface area contributed by atoms with Gasteiger partial charge in [-0.15, -0.1) is 0 Å². The molecule has 1 aliphatic heterocycles. The Morgan fingerprint density at radius 3 is 1.76 bits per heavy atom. The minimum absolute atomic E-state index is 0.197. The van der Waals surface area contributed by atoms with E-state index in [1.54, 1.807) is 33.5 Å². The lowest BCUT2D eigenvalue weighted by atomic mass is 9.96. The molecule has 0 aliphatic carbocycles. The first kappa shape index (κ1) is 26.9. The molecular formula is C30H38N2O5. The molecule has 37 heavy (non-hydrogen) atoms. The van der Waals surface area contributed by atoms with E-state index in [1.807, 2.05) is 0 Å². The van der Waals surface area contributed by atoms with Crippen molar-refractivity contribution in [2.75, 3.05) is 67.3 Å². The van der Waals surface area contributed by atoms with Gasteiger partial charge in [0.25, 0.3) is 0 Å². The molecule has 3 aromatic rings. The van der Waals surface area contributed by atoms with Crippen molar-refractivity contribution in [3.8, 4) is 17.2 Å². The Kier molecular flexibility index (Phi) is 9.79. The van der Waals surface area contributed by atoms with Crippen LogP contribution in [0.1, 0.15) is 28.8 Å². The van der Waals surface area contributed by atoms with Gasteiger partial charge in [0.2, 0.25) is 5.75 Å². The molecule has 1 heterocycles. The molecule has 1 aliphatic rings. The molecule has 198 valence electrons. The van der Waals surface area contributed by atoms with Crippen molar-refractivity contribution in [3.63, 3.8) is 0 Å². The number of nitrogens with zero attached hydrogens (tertiary/aromatic N) is 2. The summed E-state index contributed by atoms with van der Waals surface area (Å²) in [6, 6.07) is 25.3. The molecule has 0 amide bonds. The van der Waals surface area contributed by atoms with Crippen molar-refractivity contribution in [1.82, 2.24) is 9.80 Å². The number of aliphatic hydroxyl groups is 1. The van der Waals surface area contributed by atoms with Gasteiger partial charge in [0.15, 0.2) is 11.5 Å². The van der Waals surface area contributed by atoms with Crippen LogP contribution in [-0.2, 0) is 4.74 Å². The molecule has 1 N–H and O–H groups in total. The van der Waals surface area contributed by atoms with E-state index in [4.69, 9.17) is 18.9 Å². The molecule has 0 aromatic heterocycles. The standard InChI is InChI=1S/C30H38N2O5/c1-34-27-20-25(21-28(35-2)30(27)36-3)26(33)22-37-19-18-31-14-16-32(17-15-31)29(23-10-6-4-7-11-23)24-12-8-5-9-13-24/h4-13,20-21,26,29,33H,14-19,22H2,1-3H3. The van der Waals surface area contributed by atoms with Crippen LogP contribution in [0.5, 0.6) is 17.2 Å².